The summed E-state index contributed by atoms with van der Waals surface area (Å²) in [6.45, 7) is 0.365. The van der Waals surface area contributed by atoms with E-state index in [1.54, 1.807) is 17.6 Å². The average Bonchev–Trinajstić information content (AvgIpc) is 2.47. The average molecular weight is 356 g/mol. The Morgan fingerprint density at radius 1 is 1.33 bits per heavy atom. The van der Waals surface area contributed by atoms with Gasteiger partial charge in [-0.25, -0.2) is 10.3 Å². The minimum absolute atomic E-state index is 0.225. The summed E-state index contributed by atoms with van der Waals surface area (Å²) in [4.78, 5) is 22.3. The van der Waals surface area contributed by atoms with Crippen LogP contribution < -0.4 is 15.8 Å². The standard InChI is InChI=1S/C14H14BrNO5/c15-9-4-5-11-10(7-9)12(8-14(18)21-11)20-6-2-1-3-13(17)16-19/h4-5,7-8,19H,1-3,6H2,(H,16,17). The van der Waals surface area contributed by atoms with Gasteiger partial charge in [-0.1, -0.05) is 15.9 Å². The summed E-state index contributed by atoms with van der Waals surface area (Å²) in [5, 5.41) is 9.07. The van der Waals surface area contributed by atoms with Gasteiger partial charge in [-0.15, -0.1) is 0 Å². The number of hydrogen-bond acceptors (Lipinski definition) is 5. The van der Waals surface area contributed by atoms with Gasteiger partial charge in [-0.2, -0.15) is 0 Å². The second kappa shape index (κ2) is 7.24. The third kappa shape index (κ3) is 4.30. The predicted octanol–water partition coefficient (Wildman–Crippen LogP) is 2.61. The van der Waals surface area contributed by atoms with E-state index in [0.717, 1.165) is 4.47 Å². The summed E-state index contributed by atoms with van der Waals surface area (Å²) in [7, 11) is 0. The third-order valence-corrected chi connectivity index (χ3v) is 3.34. The Labute approximate surface area is 128 Å². The van der Waals surface area contributed by atoms with Crippen LogP contribution in [0.1, 0.15) is 19.3 Å². The number of amides is 1. The predicted molar refractivity (Wildman–Crippen MR) is 79.5 cm³/mol. The zero-order chi connectivity index (χ0) is 15.2. The first-order valence-corrected chi connectivity index (χ1v) is 7.18. The summed E-state index contributed by atoms with van der Waals surface area (Å²) in [6, 6.07) is 6.59. The van der Waals surface area contributed by atoms with E-state index in [-0.39, 0.29) is 6.42 Å². The highest BCUT2D eigenvalue weighted by Crippen LogP contribution is 2.27. The summed E-state index contributed by atoms with van der Waals surface area (Å²) in [5.41, 5.74) is 1.56. The lowest BCUT2D eigenvalue weighted by Gasteiger charge is -2.08. The van der Waals surface area contributed by atoms with Gasteiger partial charge in [0.15, 0.2) is 0 Å². The van der Waals surface area contributed by atoms with E-state index in [4.69, 9.17) is 14.4 Å². The van der Waals surface area contributed by atoms with Gasteiger partial charge in [0.1, 0.15) is 11.3 Å². The van der Waals surface area contributed by atoms with Crippen LogP contribution in [0.3, 0.4) is 0 Å². The summed E-state index contributed by atoms with van der Waals surface area (Å²) in [5.74, 6) is 0.0268. The van der Waals surface area contributed by atoms with Crippen molar-refractivity contribution >= 4 is 32.8 Å². The van der Waals surface area contributed by atoms with Crippen molar-refractivity contribution in [2.45, 2.75) is 19.3 Å². The van der Waals surface area contributed by atoms with E-state index in [1.165, 1.54) is 6.07 Å². The molecule has 112 valence electrons. The molecule has 2 N–H and O–H groups in total. The first-order chi connectivity index (χ1) is 10.1. The maximum atomic E-state index is 11.5. The number of nitrogens with one attached hydrogen (secondary N) is 1. The van der Waals surface area contributed by atoms with Crippen molar-refractivity contribution in [1.82, 2.24) is 5.48 Å². The number of hydroxylamine groups is 1. The number of carbonyl (C=O) groups is 1. The maximum Gasteiger partial charge on any atom is 0.339 e. The van der Waals surface area contributed by atoms with E-state index in [0.29, 0.717) is 36.2 Å². The normalized spacial score (nSPS) is 10.6. The van der Waals surface area contributed by atoms with E-state index >= 15 is 0 Å². The highest BCUT2D eigenvalue weighted by Gasteiger charge is 2.07. The third-order valence-electron chi connectivity index (χ3n) is 2.85. The highest BCUT2D eigenvalue weighted by atomic mass is 79.9. The number of rotatable bonds is 6. The van der Waals surface area contributed by atoms with E-state index < -0.39 is 11.5 Å². The number of fused-ring (bicyclic) bond motifs is 1. The first kappa shape index (κ1) is 15.5. The lowest BCUT2D eigenvalue weighted by atomic mass is 10.2. The molecule has 2 rings (SSSR count). The van der Waals surface area contributed by atoms with Gasteiger partial charge in [-0.05, 0) is 31.0 Å². The monoisotopic (exact) mass is 355 g/mol. The molecule has 0 unspecified atom stereocenters. The number of hydrogen-bond donors (Lipinski definition) is 2. The van der Waals surface area contributed by atoms with Gasteiger partial charge >= 0.3 is 5.63 Å². The van der Waals surface area contributed by atoms with Crippen LogP contribution >= 0.6 is 15.9 Å². The second-order valence-corrected chi connectivity index (χ2v) is 5.33. The van der Waals surface area contributed by atoms with Gasteiger partial charge < -0.3 is 9.15 Å². The smallest absolute Gasteiger partial charge is 0.339 e. The number of ether oxygens (including phenoxy) is 1. The lowest BCUT2D eigenvalue weighted by molar-refractivity contribution is -0.129. The number of carbonyl (C=O) groups excluding carboxylic acids is 1. The fraction of sp³-hybridized carbons (Fsp3) is 0.286. The summed E-state index contributed by atoms with van der Waals surface area (Å²) in [6.07, 6.45) is 1.43. The molecular weight excluding hydrogens is 342 g/mol. The molecule has 0 fully saturated rings. The van der Waals surface area contributed by atoms with Crippen LogP contribution in [0.15, 0.2) is 37.9 Å². The molecule has 0 aliphatic rings. The Hall–Kier alpha value is -1.86. The number of unbranched alkanes of at least 4 members (excludes halogenated alkanes) is 1. The fourth-order valence-electron chi connectivity index (χ4n) is 1.85. The Kier molecular flexibility index (Phi) is 5.35. The van der Waals surface area contributed by atoms with Crippen molar-refractivity contribution in [3.8, 4) is 5.75 Å². The van der Waals surface area contributed by atoms with Crippen LogP contribution in [0.25, 0.3) is 11.0 Å². The topological polar surface area (TPSA) is 88.8 Å². The molecule has 21 heavy (non-hydrogen) atoms. The van der Waals surface area contributed by atoms with Crippen molar-refractivity contribution in [2.24, 2.45) is 0 Å². The zero-order valence-corrected chi connectivity index (χ0v) is 12.7. The SMILES string of the molecule is O=C(CCCCOc1cc(=O)oc2ccc(Br)cc12)NO. The van der Waals surface area contributed by atoms with Crippen molar-refractivity contribution < 1.29 is 19.2 Å². The van der Waals surface area contributed by atoms with Crippen LogP contribution in [-0.4, -0.2) is 17.7 Å². The molecule has 0 saturated carbocycles. The molecular formula is C14H14BrNO5. The first-order valence-electron chi connectivity index (χ1n) is 6.39. The van der Waals surface area contributed by atoms with Crippen LogP contribution in [-0.2, 0) is 4.79 Å². The van der Waals surface area contributed by atoms with Crippen LogP contribution in [0.5, 0.6) is 5.75 Å². The van der Waals surface area contributed by atoms with Gasteiger partial charge in [0.05, 0.1) is 18.1 Å². The van der Waals surface area contributed by atoms with E-state index in [9.17, 15) is 9.59 Å². The minimum Gasteiger partial charge on any atom is -0.493 e. The van der Waals surface area contributed by atoms with Gasteiger partial charge in [0, 0.05) is 10.9 Å². The number of halogens is 1. The maximum absolute atomic E-state index is 11.5. The van der Waals surface area contributed by atoms with Crippen LogP contribution in [0, 0.1) is 0 Å². The van der Waals surface area contributed by atoms with E-state index in [1.807, 2.05) is 6.07 Å². The molecule has 0 saturated heterocycles. The Balaban J connectivity index is 2.03. The largest absolute Gasteiger partial charge is 0.493 e. The van der Waals surface area contributed by atoms with Crippen LogP contribution in [0.4, 0.5) is 0 Å². The lowest BCUT2D eigenvalue weighted by Crippen LogP contribution is -2.18. The molecule has 6 nitrogen and oxygen atoms in total. The molecule has 0 spiro atoms. The Morgan fingerprint density at radius 3 is 2.90 bits per heavy atom. The van der Waals surface area contributed by atoms with Gasteiger partial charge in [-0.3, -0.25) is 10.0 Å². The van der Waals surface area contributed by atoms with Crippen LogP contribution in [0.2, 0.25) is 0 Å². The molecule has 1 aromatic carbocycles. The Bertz CT molecular complexity index is 697. The molecule has 0 atom stereocenters. The zero-order valence-electron chi connectivity index (χ0n) is 11.1. The summed E-state index contributed by atoms with van der Waals surface area (Å²) >= 11 is 3.36. The van der Waals surface area contributed by atoms with Gasteiger partial charge in [0.25, 0.3) is 0 Å². The van der Waals surface area contributed by atoms with Crippen molar-refractivity contribution in [1.29, 1.82) is 0 Å². The molecule has 7 heteroatoms. The molecule has 1 amide bonds. The molecule has 0 bridgehead atoms. The van der Waals surface area contributed by atoms with Crippen molar-refractivity contribution in [2.75, 3.05) is 6.61 Å². The fourth-order valence-corrected chi connectivity index (χ4v) is 2.21. The molecule has 1 aromatic heterocycles. The molecule has 2 aromatic rings. The quantitative estimate of drug-likeness (QED) is 0.360. The molecule has 0 aliphatic heterocycles. The minimum atomic E-state index is -0.473. The molecule has 0 aliphatic carbocycles. The molecule has 0 radical (unpaired) electrons. The van der Waals surface area contributed by atoms with Gasteiger partial charge in [0.2, 0.25) is 5.91 Å². The van der Waals surface area contributed by atoms with Crippen molar-refractivity contribution in [3.63, 3.8) is 0 Å². The van der Waals surface area contributed by atoms with Crippen molar-refractivity contribution in [3.05, 3.63) is 39.2 Å². The van der Waals surface area contributed by atoms with E-state index in [2.05, 4.69) is 15.9 Å². The second-order valence-electron chi connectivity index (χ2n) is 4.41. The highest BCUT2D eigenvalue weighted by molar-refractivity contribution is 9.10. The Morgan fingerprint density at radius 2 is 2.14 bits per heavy atom. The summed E-state index contributed by atoms with van der Waals surface area (Å²) < 4.78 is 11.5. The molecule has 1 heterocycles. The number of benzene rings is 1.